The summed E-state index contributed by atoms with van der Waals surface area (Å²) in [6, 6.07) is -0.998. The lowest BCUT2D eigenvalue weighted by Gasteiger charge is -2.21. The van der Waals surface area contributed by atoms with Crippen molar-refractivity contribution in [3.05, 3.63) is 6.92 Å². The summed E-state index contributed by atoms with van der Waals surface area (Å²) >= 11 is 0. The fraction of sp³-hybridized carbons (Fsp3) is 0.571. The molecule has 1 unspecified atom stereocenters. The first-order valence-electron chi connectivity index (χ1n) is 3.56. The quantitative estimate of drug-likeness (QED) is 0.457. The highest BCUT2D eigenvalue weighted by atomic mass is 16.7. The smallest absolute Gasteiger partial charge is 0.329 e. The molecule has 1 N–H and O–H groups in total. The Labute approximate surface area is 70.9 Å². The van der Waals surface area contributed by atoms with Gasteiger partial charge in [-0.3, -0.25) is 9.63 Å². The average Bonchev–Trinajstić information content (AvgIpc) is 2.03. The van der Waals surface area contributed by atoms with Crippen molar-refractivity contribution in [2.24, 2.45) is 0 Å². The fourth-order valence-electron chi connectivity index (χ4n) is 0.702. The summed E-state index contributed by atoms with van der Waals surface area (Å²) in [5.74, 6) is -1.12. The molecule has 0 aliphatic heterocycles. The number of rotatable bonds is 6. The summed E-state index contributed by atoms with van der Waals surface area (Å²) < 4.78 is 0. The van der Waals surface area contributed by atoms with E-state index in [4.69, 9.17) is 9.94 Å². The summed E-state index contributed by atoms with van der Waals surface area (Å²) in [7, 11) is 0. The topological polar surface area (TPSA) is 66.8 Å². The highest BCUT2D eigenvalue weighted by Gasteiger charge is 2.22. The lowest BCUT2D eigenvalue weighted by Crippen LogP contribution is -2.39. The highest BCUT2D eigenvalue weighted by molar-refractivity contribution is 5.75. The van der Waals surface area contributed by atoms with Gasteiger partial charge in [0.1, 0.15) is 0 Å². The molecule has 1 amide bonds. The summed E-state index contributed by atoms with van der Waals surface area (Å²) in [5, 5.41) is 9.34. The molecule has 0 aromatic rings. The van der Waals surface area contributed by atoms with Crippen LogP contribution in [-0.2, 0) is 14.4 Å². The summed E-state index contributed by atoms with van der Waals surface area (Å²) in [5.41, 5.74) is 0. The van der Waals surface area contributed by atoms with Gasteiger partial charge in [-0.05, 0) is 13.3 Å². The third-order valence-corrected chi connectivity index (χ3v) is 1.25. The van der Waals surface area contributed by atoms with Crippen LogP contribution in [0.15, 0.2) is 0 Å². The molecule has 0 bridgehead atoms. The minimum atomic E-state index is -1.12. The van der Waals surface area contributed by atoms with Gasteiger partial charge in [-0.1, -0.05) is 6.92 Å². The predicted molar refractivity (Wildman–Crippen MR) is 40.9 cm³/mol. The van der Waals surface area contributed by atoms with Crippen molar-refractivity contribution >= 4 is 12.4 Å². The number of hydrogen-bond acceptors (Lipinski definition) is 3. The summed E-state index contributed by atoms with van der Waals surface area (Å²) in [4.78, 5) is 25.5. The Balaban J connectivity index is 4.22. The molecule has 69 valence electrons. The third-order valence-electron chi connectivity index (χ3n) is 1.25. The van der Waals surface area contributed by atoms with Gasteiger partial charge in [0.05, 0.1) is 6.61 Å². The lowest BCUT2D eigenvalue weighted by molar-refractivity contribution is -0.193. The van der Waals surface area contributed by atoms with Gasteiger partial charge in [-0.2, -0.15) is 0 Å². The van der Waals surface area contributed by atoms with Crippen molar-refractivity contribution in [3.8, 4) is 0 Å². The van der Waals surface area contributed by atoms with E-state index in [2.05, 4.69) is 6.92 Å². The standard InChI is InChI=1S/C7H12NO4/c1-3-6(7(10)11)8(5-9)12-4-2/h5-6H,1,3-4H2,2H3,(H,10,11). The molecule has 0 saturated carbocycles. The SMILES string of the molecule is [CH2]CC(C(=O)O)N(C=O)OCC. The summed E-state index contributed by atoms with van der Waals surface area (Å²) in [6.07, 6.45) is 0.418. The molecule has 0 rings (SSSR count). The van der Waals surface area contributed by atoms with Crippen LogP contribution in [0, 0.1) is 6.92 Å². The van der Waals surface area contributed by atoms with Crippen LogP contribution in [0.2, 0.25) is 0 Å². The lowest BCUT2D eigenvalue weighted by atomic mass is 10.2. The molecule has 1 radical (unpaired) electrons. The molecule has 0 spiro atoms. The van der Waals surface area contributed by atoms with E-state index < -0.39 is 12.0 Å². The second kappa shape index (κ2) is 5.54. The van der Waals surface area contributed by atoms with E-state index in [9.17, 15) is 9.59 Å². The van der Waals surface area contributed by atoms with Crippen molar-refractivity contribution in [2.75, 3.05) is 6.61 Å². The number of aliphatic carboxylic acids is 1. The van der Waals surface area contributed by atoms with E-state index in [-0.39, 0.29) is 13.0 Å². The van der Waals surface area contributed by atoms with Gasteiger partial charge >= 0.3 is 5.97 Å². The Morgan fingerprint density at radius 2 is 2.42 bits per heavy atom. The molecule has 1 atom stereocenters. The van der Waals surface area contributed by atoms with Gasteiger partial charge in [0, 0.05) is 0 Å². The van der Waals surface area contributed by atoms with E-state index >= 15 is 0 Å². The van der Waals surface area contributed by atoms with Crippen LogP contribution in [0.3, 0.4) is 0 Å². The largest absolute Gasteiger partial charge is 0.480 e. The van der Waals surface area contributed by atoms with Crippen molar-refractivity contribution in [1.29, 1.82) is 0 Å². The zero-order valence-corrected chi connectivity index (χ0v) is 6.90. The van der Waals surface area contributed by atoms with E-state index in [0.29, 0.717) is 6.41 Å². The molecule has 0 saturated heterocycles. The number of hydroxylamine groups is 2. The molecule has 0 aromatic carbocycles. The maximum absolute atomic E-state index is 10.5. The minimum Gasteiger partial charge on any atom is -0.480 e. The van der Waals surface area contributed by atoms with Crippen molar-refractivity contribution in [1.82, 2.24) is 5.06 Å². The molecular formula is C7H12NO4. The number of hydrogen-bond donors (Lipinski definition) is 1. The fourth-order valence-corrected chi connectivity index (χ4v) is 0.702. The van der Waals surface area contributed by atoms with Gasteiger partial charge in [-0.15, -0.1) is 0 Å². The monoisotopic (exact) mass is 174 g/mol. The second-order valence-corrected chi connectivity index (χ2v) is 2.03. The maximum atomic E-state index is 10.5. The van der Waals surface area contributed by atoms with E-state index in [1.54, 1.807) is 6.92 Å². The van der Waals surface area contributed by atoms with Gasteiger partial charge in [0.25, 0.3) is 0 Å². The Kier molecular flexibility index (Phi) is 5.03. The molecule has 0 fully saturated rings. The minimum absolute atomic E-state index is 0.0775. The van der Waals surface area contributed by atoms with E-state index in [1.165, 1.54) is 0 Å². The zero-order valence-electron chi connectivity index (χ0n) is 6.90. The molecule has 0 aromatic heterocycles. The molecule has 5 nitrogen and oxygen atoms in total. The Morgan fingerprint density at radius 1 is 1.83 bits per heavy atom. The molecule has 0 aliphatic carbocycles. The average molecular weight is 174 g/mol. The van der Waals surface area contributed by atoms with Gasteiger partial charge in [0.15, 0.2) is 6.04 Å². The first-order chi connectivity index (χ1) is 5.67. The number of carbonyl (C=O) groups is 2. The van der Waals surface area contributed by atoms with Crippen LogP contribution in [0.5, 0.6) is 0 Å². The van der Waals surface area contributed by atoms with Crippen LogP contribution >= 0.6 is 0 Å². The number of amides is 1. The summed E-state index contributed by atoms with van der Waals surface area (Å²) in [6.45, 7) is 5.31. The van der Waals surface area contributed by atoms with Crippen LogP contribution in [0.1, 0.15) is 13.3 Å². The first-order valence-corrected chi connectivity index (χ1v) is 3.56. The highest BCUT2D eigenvalue weighted by Crippen LogP contribution is 2.02. The van der Waals surface area contributed by atoms with E-state index in [1.807, 2.05) is 0 Å². The van der Waals surface area contributed by atoms with Gasteiger partial charge in [-0.25, -0.2) is 9.86 Å². The molecule has 5 heteroatoms. The Morgan fingerprint density at radius 3 is 2.67 bits per heavy atom. The molecule has 0 heterocycles. The normalized spacial score (nSPS) is 12.2. The zero-order chi connectivity index (χ0) is 9.56. The van der Waals surface area contributed by atoms with Crippen molar-refractivity contribution in [3.63, 3.8) is 0 Å². The van der Waals surface area contributed by atoms with Crippen LogP contribution in [-0.4, -0.2) is 35.2 Å². The van der Waals surface area contributed by atoms with Crippen LogP contribution in [0.25, 0.3) is 0 Å². The second-order valence-electron chi connectivity index (χ2n) is 2.03. The molecule has 0 aliphatic rings. The van der Waals surface area contributed by atoms with Gasteiger partial charge in [0.2, 0.25) is 6.41 Å². The van der Waals surface area contributed by atoms with Crippen LogP contribution < -0.4 is 0 Å². The van der Waals surface area contributed by atoms with Gasteiger partial charge < -0.3 is 5.11 Å². The number of carboxylic acids is 1. The third kappa shape index (κ3) is 2.87. The maximum Gasteiger partial charge on any atom is 0.329 e. The predicted octanol–water partition coefficient (Wildman–Crippen LogP) is 0.0737. The Bertz CT molecular complexity index is 159. The molecular weight excluding hydrogens is 162 g/mol. The number of carboxylic acid groups (broad SMARTS) is 1. The number of nitrogens with zero attached hydrogens (tertiary/aromatic N) is 1. The van der Waals surface area contributed by atoms with Crippen LogP contribution in [0.4, 0.5) is 0 Å². The first kappa shape index (κ1) is 10.9. The Hall–Kier alpha value is -1.10. The van der Waals surface area contributed by atoms with E-state index in [0.717, 1.165) is 5.06 Å². The number of carbonyl (C=O) groups excluding carboxylic acids is 1. The van der Waals surface area contributed by atoms with Crippen molar-refractivity contribution < 1.29 is 19.5 Å². The molecule has 12 heavy (non-hydrogen) atoms. The van der Waals surface area contributed by atoms with Crippen molar-refractivity contribution in [2.45, 2.75) is 19.4 Å².